The van der Waals surface area contributed by atoms with E-state index in [4.69, 9.17) is 16.3 Å². The fraction of sp³-hybridized carbons (Fsp3) is 0.250. The largest absolute Gasteiger partial charge is 0.496 e. The van der Waals surface area contributed by atoms with Crippen molar-refractivity contribution in [2.75, 3.05) is 7.11 Å². The van der Waals surface area contributed by atoms with Crippen molar-refractivity contribution in [3.05, 3.63) is 54.4 Å². The van der Waals surface area contributed by atoms with E-state index in [9.17, 15) is 14.4 Å². The Morgan fingerprint density at radius 1 is 1.27 bits per heavy atom. The fourth-order valence-corrected chi connectivity index (χ4v) is 3.40. The van der Waals surface area contributed by atoms with Gasteiger partial charge in [0.2, 0.25) is 5.28 Å². The van der Waals surface area contributed by atoms with Crippen molar-refractivity contribution in [2.24, 2.45) is 14.1 Å². The maximum absolute atomic E-state index is 12.7. The molecule has 0 atom stereocenters. The molecule has 10 heteroatoms. The number of halogens is 2. The first-order valence-electron chi connectivity index (χ1n) is 7.44. The van der Waals surface area contributed by atoms with Gasteiger partial charge in [0.05, 0.1) is 18.1 Å². The minimum Gasteiger partial charge on any atom is -0.496 e. The minimum atomic E-state index is -0.564. The smallest absolute Gasteiger partial charge is 0.332 e. The van der Waals surface area contributed by atoms with Crippen LogP contribution in [0.3, 0.4) is 0 Å². The Labute approximate surface area is 160 Å². The molecule has 8 nitrogen and oxygen atoms in total. The molecule has 0 fully saturated rings. The van der Waals surface area contributed by atoms with Gasteiger partial charge in [-0.3, -0.25) is 18.7 Å². The lowest BCUT2D eigenvalue weighted by Crippen LogP contribution is -2.37. The molecule has 2 aromatic heterocycles. The van der Waals surface area contributed by atoms with Crippen molar-refractivity contribution >= 4 is 44.5 Å². The molecule has 0 aliphatic heterocycles. The molecule has 0 unspecified atom stereocenters. The van der Waals surface area contributed by atoms with Gasteiger partial charge in [-0.15, -0.1) is 0 Å². The Bertz CT molecular complexity index is 1160. The maximum atomic E-state index is 12.7. The molecule has 0 radical (unpaired) electrons. The molecule has 2 heterocycles. The predicted octanol–water partition coefficient (Wildman–Crippen LogP) is 1.74. The molecule has 0 aliphatic carbocycles. The van der Waals surface area contributed by atoms with Crippen LogP contribution in [0.25, 0.3) is 11.2 Å². The Hall–Kier alpha value is -2.39. The third-order valence-electron chi connectivity index (χ3n) is 4.08. The number of hydrogen-bond acceptors (Lipinski definition) is 5. The van der Waals surface area contributed by atoms with Gasteiger partial charge in [-0.1, -0.05) is 0 Å². The van der Waals surface area contributed by atoms with Crippen molar-refractivity contribution in [2.45, 2.75) is 6.54 Å². The van der Waals surface area contributed by atoms with Crippen LogP contribution in [0, 0.1) is 0 Å². The standard InChI is InChI=1S/C16H14BrClN4O4/c1-20-13-12(14(24)21(2)16(20)25)22(15(18)19-13)7-10(23)8-4-5-11(26-3)9(17)6-8/h4-6H,7H2,1-3H3. The number of Topliss-reactive ketones (excluding diaryl/α,β-unsaturated/α-hetero) is 1. The number of nitrogens with zero attached hydrogens (tertiary/aromatic N) is 4. The van der Waals surface area contributed by atoms with E-state index in [-0.39, 0.29) is 28.8 Å². The molecular formula is C16H14BrClN4O4. The van der Waals surface area contributed by atoms with Gasteiger partial charge < -0.3 is 9.30 Å². The van der Waals surface area contributed by atoms with Gasteiger partial charge in [-0.05, 0) is 45.7 Å². The Morgan fingerprint density at radius 3 is 2.58 bits per heavy atom. The summed E-state index contributed by atoms with van der Waals surface area (Å²) >= 11 is 9.47. The van der Waals surface area contributed by atoms with Gasteiger partial charge in [0.25, 0.3) is 5.56 Å². The summed E-state index contributed by atoms with van der Waals surface area (Å²) in [5.41, 5.74) is -0.440. The highest BCUT2D eigenvalue weighted by Crippen LogP contribution is 2.26. The van der Waals surface area contributed by atoms with E-state index < -0.39 is 11.2 Å². The number of aromatic nitrogens is 4. The first-order valence-corrected chi connectivity index (χ1v) is 8.61. The molecule has 0 amide bonds. The Balaban J connectivity index is 2.11. The number of fused-ring (bicyclic) bond motifs is 1. The van der Waals surface area contributed by atoms with E-state index in [0.717, 1.165) is 4.57 Å². The first-order chi connectivity index (χ1) is 12.3. The second-order valence-corrected chi connectivity index (χ2v) is 6.81. The normalized spacial score (nSPS) is 11.1. The number of rotatable bonds is 4. The summed E-state index contributed by atoms with van der Waals surface area (Å²) in [4.78, 5) is 41.2. The summed E-state index contributed by atoms with van der Waals surface area (Å²) < 4.78 is 9.25. The summed E-state index contributed by atoms with van der Waals surface area (Å²) in [7, 11) is 4.37. The third kappa shape index (κ3) is 2.86. The lowest BCUT2D eigenvalue weighted by molar-refractivity contribution is 0.0973. The van der Waals surface area contributed by atoms with Crippen LogP contribution >= 0.6 is 27.5 Å². The zero-order valence-electron chi connectivity index (χ0n) is 14.1. The van der Waals surface area contributed by atoms with E-state index in [2.05, 4.69) is 20.9 Å². The number of hydrogen-bond donors (Lipinski definition) is 0. The predicted molar refractivity (Wildman–Crippen MR) is 100 cm³/mol. The highest BCUT2D eigenvalue weighted by atomic mass is 79.9. The van der Waals surface area contributed by atoms with Crippen LogP contribution in [0.4, 0.5) is 0 Å². The van der Waals surface area contributed by atoms with Gasteiger partial charge in [-0.2, -0.15) is 4.98 Å². The van der Waals surface area contributed by atoms with E-state index in [1.807, 2.05) is 0 Å². The zero-order valence-corrected chi connectivity index (χ0v) is 16.5. The summed E-state index contributed by atoms with van der Waals surface area (Å²) in [6.45, 7) is -0.193. The topological polar surface area (TPSA) is 88.1 Å². The van der Waals surface area contributed by atoms with Crippen molar-refractivity contribution in [1.82, 2.24) is 18.7 Å². The monoisotopic (exact) mass is 440 g/mol. The van der Waals surface area contributed by atoms with Gasteiger partial charge in [-0.25, -0.2) is 4.79 Å². The molecule has 0 bridgehead atoms. The first kappa shape index (κ1) is 18.4. The molecular weight excluding hydrogens is 428 g/mol. The van der Waals surface area contributed by atoms with Crippen molar-refractivity contribution < 1.29 is 9.53 Å². The number of carbonyl (C=O) groups is 1. The second kappa shape index (κ2) is 6.73. The highest BCUT2D eigenvalue weighted by Gasteiger charge is 2.20. The molecule has 0 N–H and O–H groups in total. The van der Waals surface area contributed by atoms with Crippen molar-refractivity contribution in [1.29, 1.82) is 0 Å². The van der Waals surface area contributed by atoms with Gasteiger partial charge >= 0.3 is 5.69 Å². The van der Waals surface area contributed by atoms with Crippen LogP contribution in [-0.2, 0) is 20.6 Å². The van der Waals surface area contributed by atoms with Crippen LogP contribution in [-0.4, -0.2) is 31.6 Å². The number of ketones is 1. The van der Waals surface area contributed by atoms with Gasteiger partial charge in [0, 0.05) is 19.7 Å². The van der Waals surface area contributed by atoms with Gasteiger partial charge in [0.1, 0.15) is 5.75 Å². The minimum absolute atomic E-state index is 0.0424. The quantitative estimate of drug-likeness (QED) is 0.455. The lowest BCUT2D eigenvalue weighted by atomic mass is 10.1. The number of imidazole rings is 1. The average molecular weight is 442 g/mol. The molecule has 3 aromatic rings. The van der Waals surface area contributed by atoms with Crippen LogP contribution in [0.1, 0.15) is 10.4 Å². The molecule has 3 rings (SSSR count). The summed E-state index contributed by atoms with van der Waals surface area (Å²) in [6.07, 6.45) is 0. The summed E-state index contributed by atoms with van der Waals surface area (Å²) in [6, 6.07) is 4.91. The SMILES string of the molecule is COc1ccc(C(=O)Cn2c(Cl)nc3c2c(=O)n(C)c(=O)n3C)cc1Br. The van der Waals surface area contributed by atoms with Crippen molar-refractivity contribution in [3.63, 3.8) is 0 Å². The molecule has 0 aliphatic rings. The van der Waals surface area contributed by atoms with Crippen molar-refractivity contribution in [3.8, 4) is 5.75 Å². The number of ether oxygens (including phenoxy) is 1. The number of aryl methyl sites for hydroxylation is 1. The number of methoxy groups -OCH3 is 1. The Morgan fingerprint density at radius 2 is 1.96 bits per heavy atom. The van der Waals surface area contributed by atoms with E-state index in [0.29, 0.717) is 15.8 Å². The second-order valence-electron chi connectivity index (χ2n) is 5.62. The van der Waals surface area contributed by atoms with E-state index in [1.54, 1.807) is 18.2 Å². The summed E-state index contributed by atoms with van der Waals surface area (Å²) in [5.74, 6) is 0.321. The molecule has 26 heavy (non-hydrogen) atoms. The molecule has 0 spiro atoms. The third-order valence-corrected chi connectivity index (χ3v) is 4.99. The van der Waals surface area contributed by atoms with Crippen LogP contribution in [0.15, 0.2) is 32.3 Å². The van der Waals surface area contributed by atoms with E-state index in [1.165, 1.54) is 30.3 Å². The molecule has 1 aromatic carbocycles. The Kier molecular flexibility index (Phi) is 4.76. The average Bonchev–Trinajstić information content (AvgIpc) is 2.94. The highest BCUT2D eigenvalue weighted by molar-refractivity contribution is 9.10. The number of benzene rings is 1. The van der Waals surface area contributed by atoms with Crippen LogP contribution < -0.4 is 16.0 Å². The maximum Gasteiger partial charge on any atom is 0.332 e. The van der Waals surface area contributed by atoms with Gasteiger partial charge in [0.15, 0.2) is 16.9 Å². The summed E-state index contributed by atoms with van der Waals surface area (Å²) in [5, 5.41) is -0.0424. The van der Waals surface area contributed by atoms with Crippen LogP contribution in [0.5, 0.6) is 5.75 Å². The van der Waals surface area contributed by atoms with E-state index >= 15 is 0 Å². The lowest BCUT2D eigenvalue weighted by Gasteiger charge is -2.08. The molecule has 136 valence electrons. The zero-order chi connectivity index (χ0) is 19.2. The molecule has 0 saturated carbocycles. The fourth-order valence-electron chi connectivity index (χ4n) is 2.64. The molecule has 0 saturated heterocycles. The number of carbonyl (C=O) groups excluding carboxylic acids is 1. The van der Waals surface area contributed by atoms with Crippen LogP contribution in [0.2, 0.25) is 5.28 Å².